The number of amides is 5. The molecule has 13 nitrogen and oxygen atoms in total. The van der Waals surface area contributed by atoms with E-state index in [1.54, 1.807) is 19.1 Å². The number of anilines is 1. The number of rotatable bonds is 4. The van der Waals surface area contributed by atoms with Crippen LogP contribution in [0, 0.1) is 11.3 Å². The van der Waals surface area contributed by atoms with Gasteiger partial charge >= 0.3 is 0 Å². The minimum Gasteiger partial charge on any atom is -0.372 e. The quantitative estimate of drug-likeness (QED) is 0.265. The van der Waals surface area contributed by atoms with Crippen LogP contribution in [0.3, 0.4) is 0 Å². The first kappa shape index (κ1) is 35.3. The molecule has 2 aliphatic carbocycles. The summed E-state index contributed by atoms with van der Waals surface area (Å²) >= 11 is 0. The lowest BCUT2D eigenvalue weighted by molar-refractivity contribution is -0.136. The fourth-order valence-corrected chi connectivity index (χ4v) is 9.04. The summed E-state index contributed by atoms with van der Waals surface area (Å²) in [6, 6.07) is 12.0. The van der Waals surface area contributed by atoms with E-state index in [1.165, 1.54) is 0 Å². The Morgan fingerprint density at radius 2 is 1.65 bits per heavy atom. The molecule has 3 atom stereocenters. The van der Waals surface area contributed by atoms with Crippen molar-refractivity contribution in [2.75, 3.05) is 51.2 Å². The molecule has 3 N–H and O–H groups in total. The second-order valence-corrected chi connectivity index (χ2v) is 16.0. The van der Waals surface area contributed by atoms with Crippen LogP contribution in [0.5, 0.6) is 0 Å². The molecule has 2 aromatic heterocycles. The maximum absolute atomic E-state index is 14.2. The molecule has 6 aliphatic rings. The molecule has 55 heavy (non-hydrogen) atoms. The Balaban J connectivity index is 0.000000149. The van der Waals surface area contributed by atoms with Gasteiger partial charge in [0.05, 0.1) is 16.8 Å². The number of nitrogens with one attached hydrogen (secondary N) is 3. The number of hydrogen-bond donors (Lipinski definition) is 3. The van der Waals surface area contributed by atoms with Crippen molar-refractivity contribution in [1.82, 2.24) is 35.2 Å². The van der Waals surface area contributed by atoms with E-state index in [1.807, 2.05) is 35.2 Å². The van der Waals surface area contributed by atoms with Gasteiger partial charge in [-0.15, -0.1) is 0 Å². The molecular weight excluding hydrogens is 710 g/mol. The third-order valence-electron chi connectivity index (χ3n) is 12.6. The zero-order valence-electron chi connectivity index (χ0n) is 30.7. The normalized spacial score (nSPS) is 25.7. The van der Waals surface area contributed by atoms with E-state index in [0.29, 0.717) is 35.2 Å². The number of hydrogen-bond acceptors (Lipinski definition) is 8. The van der Waals surface area contributed by atoms with Gasteiger partial charge in [-0.3, -0.25) is 39.3 Å². The van der Waals surface area contributed by atoms with E-state index in [4.69, 9.17) is 0 Å². The number of piperidine rings is 1. The lowest BCUT2D eigenvalue weighted by Gasteiger charge is -2.32. The van der Waals surface area contributed by atoms with E-state index in [2.05, 4.69) is 37.3 Å². The van der Waals surface area contributed by atoms with Crippen LogP contribution in [-0.4, -0.2) is 118 Å². The molecule has 15 heteroatoms. The largest absolute Gasteiger partial charge is 0.372 e. The summed E-state index contributed by atoms with van der Waals surface area (Å²) in [4.78, 5) is 72.2. The topological polar surface area (TPSA) is 155 Å². The Hall–Kier alpha value is -5.44. The first-order valence-electron chi connectivity index (χ1n) is 19.0. The summed E-state index contributed by atoms with van der Waals surface area (Å²) in [7, 11) is 2.06. The number of benzene rings is 2. The summed E-state index contributed by atoms with van der Waals surface area (Å²) in [5.41, 5.74) is 5.37. The highest BCUT2D eigenvalue weighted by Crippen LogP contribution is 2.70. The molecule has 2 aromatic carbocycles. The van der Waals surface area contributed by atoms with Crippen molar-refractivity contribution in [2.24, 2.45) is 11.3 Å². The number of H-pyrrole nitrogens is 2. The molecule has 0 spiro atoms. The average Bonchev–Trinajstić information content (AvgIpc) is 3.86. The van der Waals surface area contributed by atoms with Crippen molar-refractivity contribution in [3.05, 3.63) is 70.4 Å². The van der Waals surface area contributed by atoms with Crippen molar-refractivity contribution in [3.8, 4) is 11.4 Å². The summed E-state index contributed by atoms with van der Waals surface area (Å²) < 4.78 is 28.5. The third-order valence-corrected chi connectivity index (χ3v) is 12.6. The van der Waals surface area contributed by atoms with Crippen LogP contribution >= 0.6 is 0 Å². The Kier molecular flexibility index (Phi) is 8.22. The van der Waals surface area contributed by atoms with E-state index < -0.39 is 41.0 Å². The lowest BCUT2D eigenvalue weighted by atomic mass is 9.87. The molecule has 0 bridgehead atoms. The van der Waals surface area contributed by atoms with Gasteiger partial charge in [0.1, 0.15) is 11.7 Å². The molecule has 1 saturated carbocycles. The Morgan fingerprint density at radius 3 is 2.40 bits per heavy atom. The summed E-state index contributed by atoms with van der Waals surface area (Å²) in [6.45, 7) is 6.77. The maximum Gasteiger partial charge on any atom is 0.262 e. The number of fused-ring (bicyclic) bond motifs is 4. The summed E-state index contributed by atoms with van der Waals surface area (Å²) in [6.07, 6.45) is 3.21. The van der Waals surface area contributed by atoms with Crippen molar-refractivity contribution < 1.29 is 32.8 Å². The van der Waals surface area contributed by atoms with Gasteiger partial charge in [-0.05, 0) is 69.1 Å². The van der Waals surface area contributed by atoms with Crippen LogP contribution < -0.4 is 10.2 Å². The van der Waals surface area contributed by atoms with Gasteiger partial charge < -0.3 is 19.7 Å². The van der Waals surface area contributed by atoms with Gasteiger partial charge in [0, 0.05) is 96.9 Å². The molecular formula is C40H42F2N8O5. The number of halogens is 2. The Morgan fingerprint density at radius 1 is 0.909 bits per heavy atom. The highest BCUT2D eigenvalue weighted by molar-refractivity contribution is 6.23. The molecule has 0 radical (unpaired) electrons. The number of nitrogens with zero attached hydrogens (tertiary/aromatic N) is 5. The average molecular weight is 753 g/mol. The van der Waals surface area contributed by atoms with Gasteiger partial charge in [0.25, 0.3) is 23.6 Å². The predicted molar refractivity (Wildman–Crippen MR) is 198 cm³/mol. The lowest BCUT2D eigenvalue weighted by Crippen LogP contribution is -2.54. The molecule has 3 saturated heterocycles. The van der Waals surface area contributed by atoms with E-state index in [9.17, 15) is 32.8 Å². The molecule has 5 amide bonds. The number of aromatic amines is 2. The van der Waals surface area contributed by atoms with Gasteiger partial charge in [0.15, 0.2) is 0 Å². The van der Waals surface area contributed by atoms with Crippen LogP contribution in [0.25, 0.3) is 22.3 Å². The van der Waals surface area contributed by atoms with Crippen LogP contribution in [0.1, 0.15) is 74.9 Å². The third kappa shape index (κ3) is 5.73. The number of imide groups is 2. The number of aromatic nitrogens is 3. The smallest absolute Gasteiger partial charge is 0.262 e. The number of likely N-dealkylation sites (N-methyl/N-ethyl adjacent to an activating group) is 1. The fourth-order valence-electron chi connectivity index (χ4n) is 9.04. The molecule has 6 heterocycles. The number of alkyl halides is 2. The van der Waals surface area contributed by atoms with Gasteiger partial charge in [-0.1, -0.05) is 13.0 Å². The van der Waals surface area contributed by atoms with E-state index in [0.717, 1.165) is 90.6 Å². The first-order chi connectivity index (χ1) is 26.3. The highest BCUT2D eigenvalue weighted by Gasteiger charge is 2.78. The minimum atomic E-state index is -2.61. The van der Waals surface area contributed by atoms with Crippen LogP contribution in [0.15, 0.2) is 42.5 Å². The zero-order valence-corrected chi connectivity index (χ0v) is 30.7. The SMILES string of the molecule is CN1CCN(C(=O)c2ccc3cc(-c4n[nH]c5c4CC4C(F)(F)C4(C)C5)[nH]c3c2)CC1.O=C1CCC(N2C(=O)c3ccc(N4CCCC4)cc3C2=O)C(=O)N1. The molecule has 286 valence electrons. The Bertz CT molecular complexity index is 2290. The van der Waals surface area contributed by atoms with Crippen molar-refractivity contribution >= 4 is 46.1 Å². The van der Waals surface area contributed by atoms with Gasteiger partial charge in [0.2, 0.25) is 11.8 Å². The molecule has 4 aliphatic heterocycles. The number of carbonyl (C=O) groups excluding carboxylic acids is 5. The fraction of sp³-hybridized carbons (Fsp3) is 0.450. The Labute approximate surface area is 315 Å². The number of piperazine rings is 1. The van der Waals surface area contributed by atoms with Gasteiger partial charge in [-0.25, -0.2) is 8.78 Å². The van der Waals surface area contributed by atoms with Crippen LogP contribution in [0.2, 0.25) is 0 Å². The summed E-state index contributed by atoms with van der Waals surface area (Å²) in [5.74, 6) is -5.05. The summed E-state index contributed by atoms with van der Waals surface area (Å²) in [5, 5.41) is 10.6. The van der Waals surface area contributed by atoms with Crippen LogP contribution in [-0.2, 0) is 22.4 Å². The monoisotopic (exact) mass is 752 g/mol. The van der Waals surface area contributed by atoms with Crippen LogP contribution in [0.4, 0.5) is 14.5 Å². The second kappa shape index (κ2) is 12.8. The van der Waals surface area contributed by atoms with Crippen molar-refractivity contribution in [1.29, 1.82) is 0 Å². The standard InChI is InChI=1S/C23H25F2N5O.C17H17N3O4/c1-22-12-18-15(11-19(22)23(22,24)25)20(28-27-18)17-9-13-3-4-14(10-16(13)26-17)21(31)30-7-5-29(2)6-8-30;21-14-6-5-13(15(22)18-14)20-16(23)11-4-3-10(9-12(11)17(20)24)19-7-1-2-8-19/h3-4,9-10,19,26H,5-8,11-12H2,1-2H3,(H,27,28);3-4,9,13H,1-2,5-8H2,(H,18,21,22). The predicted octanol–water partition coefficient (Wildman–Crippen LogP) is 4.00. The first-order valence-corrected chi connectivity index (χ1v) is 19.0. The van der Waals surface area contributed by atoms with Gasteiger partial charge in [-0.2, -0.15) is 5.10 Å². The van der Waals surface area contributed by atoms with E-state index >= 15 is 0 Å². The zero-order chi connectivity index (χ0) is 38.4. The maximum atomic E-state index is 14.2. The van der Waals surface area contributed by atoms with E-state index in [-0.39, 0.29) is 24.7 Å². The second-order valence-electron chi connectivity index (χ2n) is 16.0. The number of carbonyl (C=O) groups is 5. The minimum absolute atomic E-state index is 0.0403. The molecule has 4 aromatic rings. The highest BCUT2D eigenvalue weighted by atomic mass is 19.3. The molecule has 10 rings (SSSR count). The molecule has 3 unspecified atom stereocenters. The van der Waals surface area contributed by atoms with Crippen molar-refractivity contribution in [2.45, 2.75) is 57.4 Å². The van der Waals surface area contributed by atoms with Crippen molar-refractivity contribution in [3.63, 3.8) is 0 Å². The molecule has 4 fully saturated rings.